The van der Waals surface area contributed by atoms with Gasteiger partial charge in [0.2, 0.25) is 0 Å². The van der Waals surface area contributed by atoms with Crippen molar-refractivity contribution in [1.29, 1.82) is 0 Å². The average Bonchev–Trinajstić information content (AvgIpc) is 1.61. The third-order valence-electron chi connectivity index (χ3n) is 0.499. The van der Waals surface area contributed by atoms with Crippen molar-refractivity contribution in [3.05, 3.63) is 4.84 Å². The van der Waals surface area contributed by atoms with Crippen LogP contribution in [-0.2, 0) is 0 Å². The number of alkyl halides is 1. The first kappa shape index (κ1) is 7.87. The summed E-state index contributed by atoms with van der Waals surface area (Å²) in [6.45, 7) is 0. The molecule has 43 valence electrons. The number of hydrogen-bond donors (Lipinski definition) is 0. The van der Waals surface area contributed by atoms with Gasteiger partial charge < -0.3 is 0 Å². The third kappa shape index (κ3) is 6.87. The zero-order chi connectivity index (χ0) is 5.70. The maximum absolute atomic E-state index is 5.31. The maximum atomic E-state index is 5.31. The minimum Gasteiger partial charge on any atom is -0.127 e. The van der Waals surface area contributed by atoms with Gasteiger partial charge >= 0.3 is 0 Å². The largest absolute Gasteiger partial charge is 0.151 e. The average molecular weight is 160 g/mol. The lowest BCUT2D eigenvalue weighted by Gasteiger charge is -1.92. The Hall–Kier alpha value is 0.870. The molecule has 0 fully saturated rings. The van der Waals surface area contributed by atoms with Gasteiger partial charge in [0.05, 0.1) is 0 Å². The molecule has 3 heteroatoms. The fourth-order valence-electron chi connectivity index (χ4n) is 0.200. The van der Waals surface area contributed by atoms with E-state index in [2.05, 4.69) is 0 Å². The second kappa shape index (κ2) is 5.02. The highest BCUT2D eigenvalue weighted by atomic mass is 35.5. The SMILES string of the molecule is ClCCC[C](Cl)Cl. The molecule has 0 aliphatic carbocycles. The quantitative estimate of drug-likeness (QED) is 0.557. The van der Waals surface area contributed by atoms with E-state index in [-0.39, 0.29) is 0 Å². The smallest absolute Gasteiger partial charge is 0.127 e. The Morgan fingerprint density at radius 1 is 1.29 bits per heavy atom. The number of halogens is 3. The molecule has 0 heterocycles. The Morgan fingerprint density at radius 3 is 2.00 bits per heavy atom. The fraction of sp³-hybridized carbons (Fsp3) is 0.750. The van der Waals surface area contributed by atoms with Crippen LogP contribution in [-0.4, -0.2) is 5.88 Å². The van der Waals surface area contributed by atoms with E-state index in [9.17, 15) is 0 Å². The van der Waals surface area contributed by atoms with Crippen molar-refractivity contribution < 1.29 is 0 Å². The number of hydrogen-bond acceptors (Lipinski definition) is 0. The van der Waals surface area contributed by atoms with Crippen molar-refractivity contribution in [3.63, 3.8) is 0 Å². The van der Waals surface area contributed by atoms with Gasteiger partial charge in [0.25, 0.3) is 0 Å². The first-order valence-electron chi connectivity index (χ1n) is 2.00. The van der Waals surface area contributed by atoms with Crippen molar-refractivity contribution in [3.8, 4) is 0 Å². The molecule has 0 nitrogen and oxygen atoms in total. The van der Waals surface area contributed by atoms with Gasteiger partial charge in [-0.05, 0) is 12.8 Å². The van der Waals surface area contributed by atoms with Gasteiger partial charge in [-0.2, -0.15) is 0 Å². The van der Waals surface area contributed by atoms with Gasteiger partial charge in [-0.3, -0.25) is 0 Å². The highest BCUT2D eigenvalue weighted by Crippen LogP contribution is 2.18. The lowest BCUT2D eigenvalue weighted by molar-refractivity contribution is 0.931. The van der Waals surface area contributed by atoms with Crippen LogP contribution in [0.2, 0.25) is 0 Å². The molecular formula is C4H6Cl3. The molecule has 0 saturated heterocycles. The van der Waals surface area contributed by atoms with E-state index >= 15 is 0 Å². The summed E-state index contributed by atoms with van der Waals surface area (Å²) in [6.07, 6.45) is 1.58. The van der Waals surface area contributed by atoms with Crippen molar-refractivity contribution in [2.75, 3.05) is 5.88 Å². The van der Waals surface area contributed by atoms with Crippen LogP contribution >= 0.6 is 34.8 Å². The van der Waals surface area contributed by atoms with Crippen molar-refractivity contribution in [2.24, 2.45) is 0 Å². The maximum Gasteiger partial charge on any atom is 0.151 e. The molecule has 0 aliphatic rings. The summed E-state index contributed by atoms with van der Waals surface area (Å²) < 4.78 is 0. The monoisotopic (exact) mass is 159 g/mol. The highest BCUT2D eigenvalue weighted by Gasteiger charge is 1.96. The van der Waals surface area contributed by atoms with Gasteiger partial charge in [0.1, 0.15) is 0 Å². The first-order chi connectivity index (χ1) is 3.27. The summed E-state index contributed by atoms with van der Waals surface area (Å²) in [5.74, 6) is 0.628. The summed E-state index contributed by atoms with van der Waals surface area (Å²) in [4.78, 5) is 0.417. The molecule has 0 aromatic carbocycles. The molecule has 0 amide bonds. The zero-order valence-corrected chi connectivity index (χ0v) is 6.02. The molecule has 0 N–H and O–H groups in total. The molecule has 1 radical (unpaired) electrons. The molecule has 0 rings (SSSR count). The van der Waals surface area contributed by atoms with E-state index in [4.69, 9.17) is 34.8 Å². The van der Waals surface area contributed by atoms with Gasteiger partial charge in [-0.1, -0.05) is 23.2 Å². The van der Waals surface area contributed by atoms with Gasteiger partial charge in [0.15, 0.2) is 4.84 Å². The van der Waals surface area contributed by atoms with Crippen molar-refractivity contribution in [2.45, 2.75) is 12.8 Å². The predicted molar refractivity (Wildman–Crippen MR) is 34.9 cm³/mol. The van der Waals surface area contributed by atoms with Crippen LogP contribution in [0.15, 0.2) is 0 Å². The van der Waals surface area contributed by atoms with E-state index in [1.807, 2.05) is 0 Å². The molecule has 0 aromatic rings. The van der Waals surface area contributed by atoms with E-state index in [0.29, 0.717) is 17.1 Å². The minimum absolute atomic E-state index is 0.417. The van der Waals surface area contributed by atoms with Crippen molar-refractivity contribution in [1.82, 2.24) is 0 Å². The second-order valence-corrected chi connectivity index (χ2v) is 2.62. The Bertz CT molecular complexity index is 35.9. The molecule has 0 aliphatic heterocycles. The van der Waals surface area contributed by atoms with Crippen LogP contribution in [0.1, 0.15) is 12.8 Å². The zero-order valence-electron chi connectivity index (χ0n) is 3.76. The molecule has 0 aromatic heterocycles. The topological polar surface area (TPSA) is 0 Å². The summed E-state index contributed by atoms with van der Waals surface area (Å²) in [5, 5.41) is 0. The summed E-state index contributed by atoms with van der Waals surface area (Å²) in [6, 6.07) is 0. The Balaban J connectivity index is 2.68. The summed E-state index contributed by atoms with van der Waals surface area (Å²) in [7, 11) is 0. The van der Waals surface area contributed by atoms with Gasteiger partial charge in [0, 0.05) is 5.88 Å². The first-order valence-corrected chi connectivity index (χ1v) is 3.29. The van der Waals surface area contributed by atoms with E-state index in [1.54, 1.807) is 0 Å². The normalized spacial score (nSPS) is 10.3. The molecule has 0 bridgehead atoms. The Morgan fingerprint density at radius 2 is 1.86 bits per heavy atom. The lowest BCUT2D eigenvalue weighted by atomic mass is 10.4. The minimum atomic E-state index is 0.417. The van der Waals surface area contributed by atoms with Gasteiger partial charge in [-0.25, -0.2) is 0 Å². The molecular weight excluding hydrogens is 154 g/mol. The predicted octanol–water partition coefficient (Wildman–Crippen LogP) is 2.97. The summed E-state index contributed by atoms with van der Waals surface area (Å²) in [5.41, 5.74) is 0. The van der Waals surface area contributed by atoms with Gasteiger partial charge in [-0.15, -0.1) is 11.6 Å². The molecule has 0 atom stereocenters. The molecule has 7 heavy (non-hydrogen) atoms. The highest BCUT2D eigenvalue weighted by molar-refractivity contribution is 6.52. The van der Waals surface area contributed by atoms with E-state index in [1.165, 1.54) is 0 Å². The van der Waals surface area contributed by atoms with Crippen molar-refractivity contribution >= 4 is 34.8 Å². The van der Waals surface area contributed by atoms with E-state index in [0.717, 1.165) is 6.42 Å². The number of rotatable bonds is 3. The second-order valence-electron chi connectivity index (χ2n) is 1.13. The molecule has 0 saturated carbocycles. The Labute approximate surface area is 58.7 Å². The standard InChI is InChI=1S/C4H6Cl3/c5-3-1-2-4(6)7/h1-3H2. The van der Waals surface area contributed by atoms with Crippen LogP contribution < -0.4 is 0 Å². The van der Waals surface area contributed by atoms with Crippen LogP contribution in [0.25, 0.3) is 0 Å². The molecule has 0 unspecified atom stereocenters. The third-order valence-corrected chi connectivity index (χ3v) is 1.14. The molecule has 0 spiro atoms. The van der Waals surface area contributed by atoms with E-state index < -0.39 is 0 Å². The lowest BCUT2D eigenvalue weighted by Crippen LogP contribution is -1.77. The van der Waals surface area contributed by atoms with Crippen LogP contribution in [0.5, 0.6) is 0 Å². The van der Waals surface area contributed by atoms with Crippen LogP contribution in [0.3, 0.4) is 0 Å². The Kier molecular flexibility index (Phi) is 5.64. The van der Waals surface area contributed by atoms with Crippen LogP contribution in [0.4, 0.5) is 0 Å². The van der Waals surface area contributed by atoms with Crippen LogP contribution in [0, 0.1) is 4.84 Å². The summed E-state index contributed by atoms with van der Waals surface area (Å²) >= 11 is 15.9. The fourth-order valence-corrected chi connectivity index (χ4v) is 0.601.